The van der Waals surface area contributed by atoms with Crippen LogP contribution >= 0.6 is 15.9 Å². The number of rotatable bonds is 5. The van der Waals surface area contributed by atoms with Gasteiger partial charge in [0.05, 0.1) is 6.54 Å². The van der Waals surface area contributed by atoms with Gasteiger partial charge in [-0.1, -0.05) is 28.4 Å². The monoisotopic (exact) mass is 350 g/mol. The molecule has 4 unspecified atom stereocenters. The summed E-state index contributed by atoms with van der Waals surface area (Å²) in [5.41, 5.74) is 0.837. The molecule has 2 bridgehead atoms. The molecule has 1 aromatic rings. The van der Waals surface area contributed by atoms with Crippen molar-refractivity contribution in [3.8, 4) is 0 Å². The van der Waals surface area contributed by atoms with Crippen molar-refractivity contribution in [1.29, 1.82) is 0 Å². The molecule has 4 heteroatoms. The summed E-state index contributed by atoms with van der Waals surface area (Å²) in [5, 5.41) is 6.35. The summed E-state index contributed by atoms with van der Waals surface area (Å²) in [4.78, 5) is 12.0. The van der Waals surface area contributed by atoms with Crippen LogP contribution in [0.4, 0.5) is 5.69 Å². The smallest absolute Gasteiger partial charge is 0.238 e. The minimum atomic E-state index is 0.0307. The number of carbonyl (C=O) groups is 1. The number of benzene rings is 1. The summed E-state index contributed by atoms with van der Waals surface area (Å²) < 4.78 is 0.976. The van der Waals surface area contributed by atoms with Crippen LogP contribution in [0.15, 0.2) is 28.7 Å². The molecule has 0 spiro atoms. The molecule has 0 heterocycles. The van der Waals surface area contributed by atoms with E-state index in [1.165, 1.54) is 25.7 Å². The summed E-state index contributed by atoms with van der Waals surface area (Å²) >= 11 is 3.41. The van der Waals surface area contributed by atoms with Gasteiger partial charge >= 0.3 is 0 Å². The Kier molecular flexibility index (Phi) is 4.65. The molecule has 0 radical (unpaired) electrons. The van der Waals surface area contributed by atoms with Gasteiger partial charge in [-0.2, -0.15) is 0 Å². The number of carbonyl (C=O) groups excluding carboxylic acids is 1. The first-order valence-corrected chi connectivity index (χ1v) is 8.70. The van der Waals surface area contributed by atoms with Crippen molar-refractivity contribution in [3.63, 3.8) is 0 Å². The largest absolute Gasteiger partial charge is 0.325 e. The maximum atomic E-state index is 12.0. The Labute approximate surface area is 135 Å². The van der Waals surface area contributed by atoms with Crippen LogP contribution in [0.25, 0.3) is 0 Å². The Morgan fingerprint density at radius 3 is 2.90 bits per heavy atom. The SMILES string of the molecule is CC(NCC(=O)Nc1cccc(Br)c1)C1CC2CCC1C2. The lowest BCUT2D eigenvalue weighted by Crippen LogP contribution is -2.40. The van der Waals surface area contributed by atoms with E-state index >= 15 is 0 Å². The summed E-state index contributed by atoms with van der Waals surface area (Å²) in [7, 11) is 0. The van der Waals surface area contributed by atoms with Crippen LogP contribution in [0.2, 0.25) is 0 Å². The van der Waals surface area contributed by atoms with Gasteiger partial charge in [0.15, 0.2) is 0 Å². The molecule has 4 atom stereocenters. The van der Waals surface area contributed by atoms with Crippen LogP contribution in [0.5, 0.6) is 0 Å². The van der Waals surface area contributed by atoms with Gasteiger partial charge in [0.1, 0.15) is 0 Å². The highest BCUT2D eigenvalue weighted by Gasteiger charge is 2.41. The van der Waals surface area contributed by atoms with Gasteiger partial charge in [0.2, 0.25) is 5.91 Å². The van der Waals surface area contributed by atoms with Gasteiger partial charge in [0, 0.05) is 16.2 Å². The number of nitrogens with one attached hydrogen (secondary N) is 2. The third-order valence-corrected chi connectivity index (χ3v) is 5.62. The van der Waals surface area contributed by atoms with Crippen molar-refractivity contribution in [2.24, 2.45) is 17.8 Å². The summed E-state index contributed by atoms with van der Waals surface area (Å²) in [6.07, 6.45) is 5.59. The van der Waals surface area contributed by atoms with E-state index in [2.05, 4.69) is 33.5 Å². The van der Waals surface area contributed by atoms with Gasteiger partial charge in [-0.05, 0) is 62.1 Å². The normalized spacial score (nSPS) is 28.6. The maximum Gasteiger partial charge on any atom is 0.238 e. The van der Waals surface area contributed by atoms with Crippen LogP contribution in [-0.2, 0) is 4.79 Å². The maximum absolute atomic E-state index is 12.0. The van der Waals surface area contributed by atoms with E-state index in [1.807, 2.05) is 24.3 Å². The summed E-state index contributed by atoms with van der Waals surface area (Å²) in [5.74, 6) is 2.65. The molecule has 2 N–H and O–H groups in total. The summed E-state index contributed by atoms with van der Waals surface area (Å²) in [6, 6.07) is 8.13. The minimum absolute atomic E-state index is 0.0307. The molecule has 2 aliphatic carbocycles. The number of halogens is 1. The van der Waals surface area contributed by atoms with Crippen LogP contribution < -0.4 is 10.6 Å². The van der Waals surface area contributed by atoms with E-state index in [4.69, 9.17) is 0 Å². The first-order chi connectivity index (χ1) is 10.1. The van der Waals surface area contributed by atoms with E-state index in [9.17, 15) is 4.79 Å². The highest BCUT2D eigenvalue weighted by atomic mass is 79.9. The fourth-order valence-electron chi connectivity index (χ4n) is 4.08. The Balaban J connectivity index is 1.45. The summed E-state index contributed by atoms with van der Waals surface area (Å²) in [6.45, 7) is 2.62. The van der Waals surface area contributed by atoms with Crippen molar-refractivity contribution >= 4 is 27.5 Å². The molecule has 2 fully saturated rings. The van der Waals surface area contributed by atoms with E-state index < -0.39 is 0 Å². The van der Waals surface area contributed by atoms with Gasteiger partial charge in [-0.3, -0.25) is 4.79 Å². The zero-order chi connectivity index (χ0) is 14.8. The Bertz CT molecular complexity index is 519. The van der Waals surface area contributed by atoms with Crippen molar-refractivity contribution in [2.75, 3.05) is 11.9 Å². The third kappa shape index (κ3) is 3.67. The number of anilines is 1. The van der Waals surface area contributed by atoms with Crippen LogP contribution in [0.3, 0.4) is 0 Å². The molecule has 3 rings (SSSR count). The van der Waals surface area contributed by atoms with Crippen LogP contribution in [-0.4, -0.2) is 18.5 Å². The quantitative estimate of drug-likeness (QED) is 0.847. The Morgan fingerprint density at radius 1 is 1.38 bits per heavy atom. The average molecular weight is 351 g/mol. The predicted molar refractivity (Wildman–Crippen MR) is 89.2 cm³/mol. The van der Waals surface area contributed by atoms with Gasteiger partial charge in [0.25, 0.3) is 0 Å². The van der Waals surface area contributed by atoms with Crippen molar-refractivity contribution in [1.82, 2.24) is 5.32 Å². The van der Waals surface area contributed by atoms with E-state index in [1.54, 1.807) is 0 Å². The molecular weight excluding hydrogens is 328 g/mol. The minimum Gasteiger partial charge on any atom is -0.325 e. The van der Waals surface area contributed by atoms with Gasteiger partial charge in [-0.15, -0.1) is 0 Å². The van der Waals surface area contributed by atoms with Crippen molar-refractivity contribution in [2.45, 2.75) is 38.6 Å². The van der Waals surface area contributed by atoms with Crippen molar-refractivity contribution in [3.05, 3.63) is 28.7 Å². The highest BCUT2D eigenvalue weighted by molar-refractivity contribution is 9.10. The lowest BCUT2D eigenvalue weighted by molar-refractivity contribution is -0.115. The number of hydrogen-bond acceptors (Lipinski definition) is 2. The second-order valence-electron chi connectivity index (χ2n) is 6.57. The molecule has 0 aromatic heterocycles. The molecule has 1 amide bonds. The van der Waals surface area contributed by atoms with Crippen LogP contribution in [0, 0.1) is 17.8 Å². The van der Waals surface area contributed by atoms with Gasteiger partial charge in [-0.25, -0.2) is 0 Å². The highest BCUT2D eigenvalue weighted by Crippen LogP contribution is 2.49. The molecule has 0 aliphatic heterocycles. The van der Waals surface area contributed by atoms with E-state index in [-0.39, 0.29) is 5.91 Å². The fourth-order valence-corrected chi connectivity index (χ4v) is 4.48. The first-order valence-electron chi connectivity index (χ1n) is 7.90. The Morgan fingerprint density at radius 2 is 2.24 bits per heavy atom. The topological polar surface area (TPSA) is 41.1 Å². The zero-order valence-electron chi connectivity index (χ0n) is 12.4. The first kappa shape index (κ1) is 15.0. The molecule has 2 saturated carbocycles. The number of hydrogen-bond donors (Lipinski definition) is 2. The predicted octanol–water partition coefficient (Wildman–Crippen LogP) is 3.80. The molecule has 114 valence electrons. The molecule has 0 saturated heterocycles. The molecule has 21 heavy (non-hydrogen) atoms. The third-order valence-electron chi connectivity index (χ3n) is 5.13. The molecule has 2 aliphatic rings. The fraction of sp³-hybridized carbons (Fsp3) is 0.588. The van der Waals surface area contributed by atoms with Gasteiger partial charge < -0.3 is 10.6 Å². The number of amides is 1. The average Bonchev–Trinajstić information content (AvgIpc) is 3.07. The number of fused-ring (bicyclic) bond motifs is 2. The molecule has 1 aromatic carbocycles. The standard InChI is InChI=1S/C17H23BrN2O/c1-11(16-8-12-5-6-13(16)7-12)19-10-17(21)20-15-4-2-3-14(18)9-15/h2-4,9,11-13,16,19H,5-8,10H2,1H3,(H,20,21). The van der Waals surface area contributed by atoms with Crippen molar-refractivity contribution < 1.29 is 4.79 Å². The zero-order valence-corrected chi connectivity index (χ0v) is 14.0. The lowest BCUT2D eigenvalue weighted by Gasteiger charge is -2.28. The second kappa shape index (κ2) is 6.49. The van der Waals surface area contributed by atoms with E-state index in [0.29, 0.717) is 12.6 Å². The van der Waals surface area contributed by atoms with E-state index in [0.717, 1.165) is 27.9 Å². The van der Waals surface area contributed by atoms with Crippen LogP contribution in [0.1, 0.15) is 32.6 Å². The molecule has 3 nitrogen and oxygen atoms in total. The Hall–Kier alpha value is -0.870. The lowest BCUT2D eigenvalue weighted by atomic mass is 9.84. The second-order valence-corrected chi connectivity index (χ2v) is 7.48. The molecular formula is C17H23BrN2O.